The summed E-state index contributed by atoms with van der Waals surface area (Å²) in [6.45, 7) is 0.811. The molecule has 0 saturated carbocycles. The first-order valence-electron chi connectivity index (χ1n) is 4.40. The van der Waals surface area contributed by atoms with Crippen molar-refractivity contribution in [1.82, 2.24) is 4.98 Å². The van der Waals surface area contributed by atoms with Gasteiger partial charge < -0.3 is 10.5 Å². The fraction of sp³-hybridized carbons (Fsp3) is 0.300. The van der Waals surface area contributed by atoms with Crippen molar-refractivity contribution >= 4 is 11.4 Å². The van der Waals surface area contributed by atoms with Gasteiger partial charge in [-0.15, -0.1) is 0 Å². The number of rotatable bonds is 1. The largest absolute Gasteiger partial charge is 0.501 e. The highest BCUT2D eigenvalue weighted by Gasteiger charge is 2.07. The molecule has 13 heavy (non-hydrogen) atoms. The summed E-state index contributed by atoms with van der Waals surface area (Å²) in [5.74, 6) is 0.559. The van der Waals surface area contributed by atoms with Gasteiger partial charge in [0.2, 0.25) is 0 Å². The molecule has 0 bridgehead atoms. The summed E-state index contributed by atoms with van der Waals surface area (Å²) in [6.07, 6.45) is 3.87. The molecule has 0 aliphatic carbocycles. The smallest absolute Gasteiger partial charge is 0.124 e. The fourth-order valence-electron chi connectivity index (χ4n) is 1.38. The number of nitrogen functional groups attached to an aromatic ring is 1. The Bertz CT molecular complexity index is 333. The van der Waals surface area contributed by atoms with Crippen LogP contribution in [-0.2, 0) is 4.74 Å². The van der Waals surface area contributed by atoms with Crippen LogP contribution in [0.3, 0.4) is 0 Å². The minimum atomic E-state index is 0.559. The third-order valence-electron chi connectivity index (χ3n) is 2.03. The summed E-state index contributed by atoms with van der Waals surface area (Å²) in [7, 11) is 0. The van der Waals surface area contributed by atoms with Crippen LogP contribution in [0.1, 0.15) is 18.5 Å². The molecule has 0 spiro atoms. The number of ether oxygens (including phenoxy) is 1. The van der Waals surface area contributed by atoms with Gasteiger partial charge in [0, 0.05) is 5.57 Å². The number of anilines is 1. The van der Waals surface area contributed by atoms with E-state index < -0.39 is 0 Å². The predicted octanol–water partition coefficient (Wildman–Crippen LogP) is 1.82. The van der Waals surface area contributed by atoms with Gasteiger partial charge in [-0.3, -0.25) is 0 Å². The fourth-order valence-corrected chi connectivity index (χ4v) is 1.38. The van der Waals surface area contributed by atoms with Crippen LogP contribution in [-0.4, -0.2) is 11.6 Å². The van der Waals surface area contributed by atoms with Crippen molar-refractivity contribution in [3.05, 3.63) is 30.2 Å². The van der Waals surface area contributed by atoms with E-state index in [-0.39, 0.29) is 0 Å². The highest BCUT2D eigenvalue weighted by atomic mass is 16.5. The minimum Gasteiger partial charge on any atom is -0.501 e. The van der Waals surface area contributed by atoms with Crippen LogP contribution in [0.5, 0.6) is 0 Å². The second kappa shape index (κ2) is 3.47. The SMILES string of the molecule is Nc1cccc(C2=COCCC2)n1. The quantitative estimate of drug-likeness (QED) is 0.710. The summed E-state index contributed by atoms with van der Waals surface area (Å²) in [5.41, 5.74) is 7.65. The Hall–Kier alpha value is -1.51. The number of hydrogen-bond acceptors (Lipinski definition) is 3. The zero-order chi connectivity index (χ0) is 9.10. The van der Waals surface area contributed by atoms with Crippen LogP contribution < -0.4 is 5.73 Å². The van der Waals surface area contributed by atoms with Crippen LogP contribution in [0.2, 0.25) is 0 Å². The van der Waals surface area contributed by atoms with Crippen molar-refractivity contribution in [2.24, 2.45) is 0 Å². The van der Waals surface area contributed by atoms with Crippen LogP contribution >= 0.6 is 0 Å². The lowest BCUT2D eigenvalue weighted by Gasteiger charge is -2.12. The number of pyridine rings is 1. The molecule has 1 aromatic heterocycles. The van der Waals surface area contributed by atoms with Gasteiger partial charge in [-0.2, -0.15) is 0 Å². The Kier molecular flexibility index (Phi) is 2.17. The highest BCUT2D eigenvalue weighted by molar-refractivity contribution is 5.63. The van der Waals surface area contributed by atoms with E-state index in [1.54, 1.807) is 12.3 Å². The maximum Gasteiger partial charge on any atom is 0.124 e. The lowest BCUT2D eigenvalue weighted by atomic mass is 10.1. The summed E-state index contributed by atoms with van der Waals surface area (Å²) in [4.78, 5) is 4.23. The molecule has 1 aromatic rings. The van der Waals surface area contributed by atoms with E-state index in [0.29, 0.717) is 5.82 Å². The average molecular weight is 176 g/mol. The van der Waals surface area contributed by atoms with E-state index in [2.05, 4.69) is 4.98 Å². The summed E-state index contributed by atoms with van der Waals surface area (Å²) in [6, 6.07) is 5.65. The van der Waals surface area contributed by atoms with Gasteiger partial charge in [0.05, 0.1) is 18.6 Å². The second-order valence-corrected chi connectivity index (χ2v) is 3.07. The molecule has 2 heterocycles. The summed E-state index contributed by atoms with van der Waals surface area (Å²) >= 11 is 0. The van der Waals surface area contributed by atoms with Crippen LogP contribution in [0, 0.1) is 0 Å². The Labute approximate surface area is 77.2 Å². The molecule has 1 aliphatic rings. The molecule has 2 rings (SSSR count). The third kappa shape index (κ3) is 1.80. The van der Waals surface area contributed by atoms with Crippen LogP contribution in [0.4, 0.5) is 5.82 Å². The van der Waals surface area contributed by atoms with Crippen molar-refractivity contribution < 1.29 is 4.74 Å². The molecule has 0 aromatic carbocycles. The number of aromatic nitrogens is 1. The Morgan fingerprint density at radius 2 is 2.31 bits per heavy atom. The predicted molar refractivity (Wildman–Crippen MR) is 51.8 cm³/mol. The molecular formula is C10H12N2O. The zero-order valence-corrected chi connectivity index (χ0v) is 7.36. The van der Waals surface area contributed by atoms with E-state index in [0.717, 1.165) is 30.7 Å². The molecule has 2 N–H and O–H groups in total. The topological polar surface area (TPSA) is 48.1 Å². The van der Waals surface area contributed by atoms with Gasteiger partial charge in [-0.25, -0.2) is 4.98 Å². The molecule has 0 unspecified atom stereocenters. The lowest BCUT2D eigenvalue weighted by Crippen LogP contribution is -2.01. The molecule has 0 radical (unpaired) electrons. The molecule has 3 nitrogen and oxygen atoms in total. The molecule has 0 fully saturated rings. The number of nitrogens with two attached hydrogens (primary N) is 1. The molecule has 0 saturated heterocycles. The maximum atomic E-state index is 5.59. The van der Waals surface area contributed by atoms with E-state index in [9.17, 15) is 0 Å². The summed E-state index contributed by atoms with van der Waals surface area (Å²) in [5, 5.41) is 0. The first-order valence-corrected chi connectivity index (χ1v) is 4.40. The van der Waals surface area contributed by atoms with Crippen molar-refractivity contribution in [1.29, 1.82) is 0 Å². The van der Waals surface area contributed by atoms with Gasteiger partial charge in [0.15, 0.2) is 0 Å². The first-order chi connectivity index (χ1) is 6.36. The lowest BCUT2D eigenvalue weighted by molar-refractivity contribution is 0.235. The number of nitrogens with zero attached hydrogens (tertiary/aromatic N) is 1. The van der Waals surface area contributed by atoms with Crippen molar-refractivity contribution in [2.75, 3.05) is 12.3 Å². The normalized spacial score (nSPS) is 16.2. The van der Waals surface area contributed by atoms with E-state index in [1.165, 1.54) is 0 Å². The molecule has 0 atom stereocenters. The van der Waals surface area contributed by atoms with Crippen molar-refractivity contribution in [3.63, 3.8) is 0 Å². The van der Waals surface area contributed by atoms with Gasteiger partial charge in [-0.05, 0) is 25.0 Å². The maximum absolute atomic E-state index is 5.59. The molecule has 1 aliphatic heterocycles. The van der Waals surface area contributed by atoms with E-state index >= 15 is 0 Å². The summed E-state index contributed by atoms with van der Waals surface area (Å²) < 4.78 is 5.23. The first kappa shape index (κ1) is 8.10. The van der Waals surface area contributed by atoms with Crippen molar-refractivity contribution in [3.8, 4) is 0 Å². The van der Waals surface area contributed by atoms with Crippen LogP contribution in [0.25, 0.3) is 5.57 Å². The average Bonchev–Trinajstić information content (AvgIpc) is 2.19. The van der Waals surface area contributed by atoms with E-state index in [4.69, 9.17) is 10.5 Å². The molecule has 0 amide bonds. The zero-order valence-electron chi connectivity index (χ0n) is 7.36. The minimum absolute atomic E-state index is 0.559. The monoisotopic (exact) mass is 176 g/mol. The molecule has 68 valence electrons. The van der Waals surface area contributed by atoms with Gasteiger partial charge in [-0.1, -0.05) is 6.07 Å². The standard InChI is InChI=1S/C10H12N2O/c11-10-5-1-4-9(12-10)8-3-2-6-13-7-8/h1,4-5,7H,2-3,6H2,(H2,11,12). The Balaban J connectivity index is 2.29. The van der Waals surface area contributed by atoms with Gasteiger partial charge >= 0.3 is 0 Å². The highest BCUT2D eigenvalue weighted by Crippen LogP contribution is 2.21. The Morgan fingerprint density at radius 3 is 3.00 bits per heavy atom. The van der Waals surface area contributed by atoms with Gasteiger partial charge in [0.25, 0.3) is 0 Å². The van der Waals surface area contributed by atoms with Crippen LogP contribution in [0.15, 0.2) is 24.5 Å². The molecule has 3 heteroatoms. The van der Waals surface area contributed by atoms with E-state index in [1.807, 2.05) is 12.1 Å². The van der Waals surface area contributed by atoms with Crippen molar-refractivity contribution in [2.45, 2.75) is 12.8 Å². The number of allylic oxidation sites excluding steroid dienone is 1. The number of hydrogen-bond donors (Lipinski definition) is 1. The third-order valence-corrected chi connectivity index (χ3v) is 2.03. The molecular weight excluding hydrogens is 164 g/mol. The second-order valence-electron chi connectivity index (χ2n) is 3.07. The Morgan fingerprint density at radius 1 is 1.38 bits per heavy atom. The van der Waals surface area contributed by atoms with Gasteiger partial charge in [0.1, 0.15) is 5.82 Å².